The summed E-state index contributed by atoms with van der Waals surface area (Å²) >= 11 is 5.75. The summed E-state index contributed by atoms with van der Waals surface area (Å²) in [6.07, 6.45) is 0. The van der Waals surface area contributed by atoms with E-state index in [1.165, 1.54) is 16.7 Å². The number of halogens is 1. The minimum atomic E-state index is -1.06. The number of ketones is 1. The molecule has 0 unspecified atom stereocenters. The maximum atomic E-state index is 12.2. The van der Waals surface area contributed by atoms with E-state index in [1.807, 2.05) is 0 Å². The molecule has 2 aromatic rings. The van der Waals surface area contributed by atoms with Crippen molar-refractivity contribution in [2.75, 3.05) is 0 Å². The van der Waals surface area contributed by atoms with E-state index in [0.29, 0.717) is 16.3 Å². The highest BCUT2D eigenvalue weighted by Crippen LogP contribution is 2.15. The summed E-state index contributed by atoms with van der Waals surface area (Å²) in [6.45, 7) is 0. The highest BCUT2D eigenvalue weighted by molar-refractivity contribution is 6.30. The quantitative estimate of drug-likeness (QED) is 0.866. The molecular weight excluding hydrogens is 254 g/mol. The summed E-state index contributed by atoms with van der Waals surface area (Å²) in [6, 6.07) is 9.37. The van der Waals surface area contributed by atoms with Crippen molar-refractivity contribution < 1.29 is 14.7 Å². The maximum Gasteiger partial charge on any atom is 0.352 e. The van der Waals surface area contributed by atoms with Crippen LogP contribution in [0.4, 0.5) is 0 Å². The first-order chi connectivity index (χ1) is 8.50. The molecule has 4 nitrogen and oxygen atoms in total. The number of carboxylic acid groups (broad SMARTS) is 1. The van der Waals surface area contributed by atoms with Crippen molar-refractivity contribution in [3.05, 3.63) is 58.4 Å². The zero-order valence-electron chi connectivity index (χ0n) is 9.55. The molecule has 0 saturated carbocycles. The van der Waals surface area contributed by atoms with E-state index < -0.39 is 5.97 Å². The van der Waals surface area contributed by atoms with E-state index in [4.69, 9.17) is 16.7 Å². The zero-order chi connectivity index (χ0) is 13.3. The van der Waals surface area contributed by atoms with E-state index in [2.05, 4.69) is 0 Å². The predicted octanol–water partition coefficient (Wildman–Crippen LogP) is 2.61. The average Bonchev–Trinajstić information content (AvgIpc) is 2.71. The standard InChI is InChI=1S/C13H10ClNO3/c1-15-10(6-7-11(15)13(17)18)12(16)8-2-4-9(14)5-3-8/h2-7H,1H3,(H,17,18). The second-order valence-corrected chi connectivity index (χ2v) is 4.24. The SMILES string of the molecule is Cn1c(C(=O)O)ccc1C(=O)c1ccc(Cl)cc1. The van der Waals surface area contributed by atoms with Gasteiger partial charge in [0.25, 0.3) is 0 Å². The summed E-state index contributed by atoms with van der Waals surface area (Å²) in [5, 5.41) is 9.46. The van der Waals surface area contributed by atoms with Crippen LogP contribution < -0.4 is 0 Å². The Morgan fingerprint density at radius 3 is 2.11 bits per heavy atom. The fourth-order valence-electron chi connectivity index (χ4n) is 1.70. The molecule has 1 heterocycles. The molecule has 0 aliphatic carbocycles. The van der Waals surface area contributed by atoms with Crippen molar-refractivity contribution in [2.24, 2.45) is 7.05 Å². The minimum Gasteiger partial charge on any atom is -0.477 e. The van der Waals surface area contributed by atoms with E-state index in [1.54, 1.807) is 31.3 Å². The van der Waals surface area contributed by atoms with Crippen LogP contribution in [-0.2, 0) is 7.05 Å². The number of hydrogen-bond donors (Lipinski definition) is 1. The molecule has 0 bridgehead atoms. The van der Waals surface area contributed by atoms with Crippen LogP contribution in [0.25, 0.3) is 0 Å². The van der Waals surface area contributed by atoms with Crippen molar-refractivity contribution in [3.8, 4) is 0 Å². The molecular formula is C13H10ClNO3. The van der Waals surface area contributed by atoms with Crippen LogP contribution in [0.15, 0.2) is 36.4 Å². The number of carbonyl (C=O) groups is 2. The lowest BCUT2D eigenvalue weighted by atomic mass is 10.1. The second kappa shape index (κ2) is 4.66. The molecule has 0 aliphatic heterocycles. The first-order valence-electron chi connectivity index (χ1n) is 5.20. The van der Waals surface area contributed by atoms with Crippen molar-refractivity contribution in [1.29, 1.82) is 0 Å². The predicted molar refractivity (Wildman–Crippen MR) is 67.3 cm³/mol. The van der Waals surface area contributed by atoms with Gasteiger partial charge in [0.2, 0.25) is 5.78 Å². The Morgan fingerprint density at radius 1 is 1.06 bits per heavy atom. The lowest BCUT2D eigenvalue weighted by Gasteiger charge is -2.04. The van der Waals surface area contributed by atoms with Gasteiger partial charge in [0.05, 0.1) is 5.69 Å². The van der Waals surface area contributed by atoms with Gasteiger partial charge in [0, 0.05) is 17.6 Å². The lowest BCUT2D eigenvalue weighted by Crippen LogP contribution is -2.11. The molecule has 0 atom stereocenters. The van der Waals surface area contributed by atoms with Crippen LogP contribution >= 0.6 is 11.6 Å². The Hall–Kier alpha value is -2.07. The number of carbonyl (C=O) groups excluding carboxylic acids is 1. The number of hydrogen-bond acceptors (Lipinski definition) is 2. The van der Waals surface area contributed by atoms with E-state index >= 15 is 0 Å². The summed E-state index contributed by atoms with van der Waals surface area (Å²) in [4.78, 5) is 23.0. The molecule has 0 amide bonds. The fraction of sp³-hybridized carbons (Fsp3) is 0.0769. The van der Waals surface area contributed by atoms with Crippen molar-refractivity contribution in [2.45, 2.75) is 0 Å². The monoisotopic (exact) mass is 263 g/mol. The molecule has 1 N–H and O–H groups in total. The van der Waals surface area contributed by atoms with E-state index in [9.17, 15) is 9.59 Å². The Bertz CT molecular complexity index is 614. The number of aromatic nitrogens is 1. The largest absolute Gasteiger partial charge is 0.477 e. The molecule has 1 aromatic carbocycles. The Balaban J connectivity index is 2.40. The van der Waals surface area contributed by atoms with Gasteiger partial charge in [-0.1, -0.05) is 11.6 Å². The van der Waals surface area contributed by atoms with Crippen LogP contribution in [0.3, 0.4) is 0 Å². The van der Waals surface area contributed by atoms with Crippen molar-refractivity contribution in [3.63, 3.8) is 0 Å². The molecule has 18 heavy (non-hydrogen) atoms. The third kappa shape index (κ3) is 2.15. The smallest absolute Gasteiger partial charge is 0.352 e. The van der Waals surface area contributed by atoms with E-state index in [0.717, 1.165) is 0 Å². The van der Waals surface area contributed by atoms with Gasteiger partial charge in [-0.2, -0.15) is 0 Å². The first kappa shape index (κ1) is 12.4. The number of rotatable bonds is 3. The molecule has 0 radical (unpaired) electrons. The molecule has 2 rings (SSSR count). The van der Waals surface area contributed by atoms with Crippen LogP contribution in [0.1, 0.15) is 26.5 Å². The molecule has 0 saturated heterocycles. The molecule has 0 spiro atoms. The molecule has 5 heteroatoms. The number of carboxylic acids is 1. The van der Waals surface area contributed by atoms with Gasteiger partial charge >= 0.3 is 5.97 Å². The van der Waals surface area contributed by atoms with E-state index in [-0.39, 0.29) is 11.5 Å². The topological polar surface area (TPSA) is 59.3 Å². The second-order valence-electron chi connectivity index (χ2n) is 3.80. The van der Waals surface area contributed by atoms with Crippen molar-refractivity contribution in [1.82, 2.24) is 4.57 Å². The minimum absolute atomic E-state index is 0.0762. The third-order valence-corrected chi connectivity index (χ3v) is 2.93. The molecule has 1 aromatic heterocycles. The molecule has 0 fully saturated rings. The fourth-order valence-corrected chi connectivity index (χ4v) is 1.83. The van der Waals surface area contributed by atoms with Crippen LogP contribution in [0.5, 0.6) is 0 Å². The summed E-state index contributed by atoms with van der Waals surface area (Å²) in [7, 11) is 1.55. The van der Waals surface area contributed by atoms with Gasteiger partial charge in [-0.3, -0.25) is 4.79 Å². The van der Waals surface area contributed by atoms with Crippen LogP contribution in [0, 0.1) is 0 Å². The van der Waals surface area contributed by atoms with Crippen molar-refractivity contribution >= 4 is 23.4 Å². The van der Waals surface area contributed by atoms with Gasteiger partial charge in [-0.15, -0.1) is 0 Å². The van der Waals surface area contributed by atoms with Gasteiger partial charge < -0.3 is 9.67 Å². The number of benzene rings is 1. The van der Waals surface area contributed by atoms with Crippen LogP contribution in [0.2, 0.25) is 5.02 Å². The first-order valence-corrected chi connectivity index (χ1v) is 5.58. The summed E-state index contributed by atoms with van der Waals surface area (Å²) in [5.74, 6) is -1.30. The summed E-state index contributed by atoms with van der Waals surface area (Å²) < 4.78 is 1.36. The summed E-state index contributed by atoms with van der Waals surface area (Å²) in [5.41, 5.74) is 0.875. The zero-order valence-corrected chi connectivity index (χ0v) is 10.3. The normalized spacial score (nSPS) is 10.3. The molecule has 92 valence electrons. The number of aromatic carboxylic acids is 1. The number of nitrogens with zero attached hydrogens (tertiary/aromatic N) is 1. The highest BCUT2D eigenvalue weighted by Gasteiger charge is 2.17. The highest BCUT2D eigenvalue weighted by atomic mass is 35.5. The third-order valence-electron chi connectivity index (χ3n) is 2.68. The van der Waals surface area contributed by atoms with Gasteiger partial charge in [0.15, 0.2) is 0 Å². The Morgan fingerprint density at radius 2 is 1.61 bits per heavy atom. The average molecular weight is 264 g/mol. The van der Waals surface area contributed by atoms with Gasteiger partial charge in [0.1, 0.15) is 5.69 Å². The van der Waals surface area contributed by atoms with Gasteiger partial charge in [-0.05, 0) is 36.4 Å². The Labute approximate surface area is 108 Å². The lowest BCUT2D eigenvalue weighted by molar-refractivity contribution is 0.0686. The Kier molecular flexibility index (Phi) is 3.21. The van der Waals surface area contributed by atoms with Crippen LogP contribution in [-0.4, -0.2) is 21.4 Å². The van der Waals surface area contributed by atoms with Gasteiger partial charge in [-0.25, -0.2) is 4.79 Å². The maximum absolute atomic E-state index is 12.2. The molecule has 0 aliphatic rings.